The van der Waals surface area contributed by atoms with Crippen LogP contribution in [0.25, 0.3) is 0 Å². The number of hydrogen-bond donors (Lipinski definition) is 2. The predicted molar refractivity (Wildman–Crippen MR) is 70.4 cm³/mol. The lowest BCUT2D eigenvalue weighted by Gasteiger charge is -2.16. The van der Waals surface area contributed by atoms with Crippen molar-refractivity contribution in [2.45, 2.75) is 39.3 Å². The highest BCUT2D eigenvalue weighted by Gasteiger charge is 2.06. The summed E-state index contributed by atoms with van der Waals surface area (Å²) in [5, 5.41) is 13.0. The summed E-state index contributed by atoms with van der Waals surface area (Å²) in [6.45, 7) is 7.16. The minimum atomic E-state index is -0.467. The van der Waals surface area contributed by atoms with E-state index in [1.54, 1.807) is 0 Å². The normalized spacial score (nSPS) is 14.4. The molecule has 0 aliphatic rings. The first kappa shape index (κ1) is 14.0. The van der Waals surface area contributed by atoms with E-state index in [0.29, 0.717) is 19.2 Å². The highest BCUT2D eigenvalue weighted by molar-refractivity contribution is 5.26. The summed E-state index contributed by atoms with van der Waals surface area (Å²) in [5.74, 6) is 0.804. The maximum atomic E-state index is 9.72. The van der Waals surface area contributed by atoms with Crippen LogP contribution in [0.2, 0.25) is 0 Å². The monoisotopic (exact) mass is 237 g/mol. The first-order valence-electron chi connectivity index (χ1n) is 6.22. The van der Waals surface area contributed by atoms with Gasteiger partial charge < -0.3 is 15.2 Å². The molecule has 0 spiro atoms. The van der Waals surface area contributed by atoms with Crippen LogP contribution in [-0.4, -0.2) is 30.4 Å². The summed E-state index contributed by atoms with van der Waals surface area (Å²) in [6.07, 6.45) is 0.594. The Labute approximate surface area is 104 Å². The third kappa shape index (κ3) is 5.71. The predicted octanol–water partition coefficient (Wildman–Crippen LogP) is 2.12. The first-order valence-corrected chi connectivity index (χ1v) is 6.22. The molecular weight excluding hydrogens is 214 g/mol. The van der Waals surface area contributed by atoms with Crippen LogP contribution in [0.1, 0.15) is 25.8 Å². The van der Waals surface area contributed by atoms with Crippen molar-refractivity contribution in [3.63, 3.8) is 0 Å². The molecule has 3 heteroatoms. The van der Waals surface area contributed by atoms with Crippen LogP contribution in [0, 0.1) is 6.92 Å². The molecule has 0 bridgehead atoms. The largest absolute Gasteiger partial charge is 0.491 e. The molecule has 0 saturated carbocycles. The second-order valence-corrected chi connectivity index (χ2v) is 4.50. The summed E-state index contributed by atoms with van der Waals surface area (Å²) in [7, 11) is 0. The molecule has 17 heavy (non-hydrogen) atoms. The fraction of sp³-hybridized carbons (Fsp3) is 0.571. The third-order valence-electron chi connectivity index (χ3n) is 2.78. The van der Waals surface area contributed by atoms with Crippen LogP contribution < -0.4 is 10.1 Å². The van der Waals surface area contributed by atoms with Gasteiger partial charge >= 0.3 is 0 Å². The molecule has 96 valence electrons. The number of rotatable bonds is 7. The smallest absolute Gasteiger partial charge is 0.119 e. The van der Waals surface area contributed by atoms with Gasteiger partial charge in [-0.25, -0.2) is 0 Å². The van der Waals surface area contributed by atoms with Gasteiger partial charge in [-0.1, -0.05) is 24.6 Å². The molecule has 3 nitrogen and oxygen atoms in total. The highest BCUT2D eigenvalue weighted by Crippen LogP contribution is 2.11. The van der Waals surface area contributed by atoms with Crippen molar-refractivity contribution in [2.75, 3.05) is 13.2 Å². The molecule has 0 amide bonds. The van der Waals surface area contributed by atoms with Gasteiger partial charge in [-0.15, -0.1) is 0 Å². The molecular formula is C14H23NO2. The van der Waals surface area contributed by atoms with Gasteiger partial charge in [0.15, 0.2) is 0 Å². The highest BCUT2D eigenvalue weighted by atomic mass is 16.5. The number of benzene rings is 1. The molecule has 0 saturated heterocycles. The topological polar surface area (TPSA) is 41.5 Å². The minimum absolute atomic E-state index is 0.326. The Bertz CT molecular complexity index is 311. The van der Waals surface area contributed by atoms with Crippen LogP contribution in [-0.2, 0) is 0 Å². The second-order valence-electron chi connectivity index (χ2n) is 4.50. The Balaban J connectivity index is 2.23. The zero-order chi connectivity index (χ0) is 12.7. The van der Waals surface area contributed by atoms with Crippen molar-refractivity contribution >= 4 is 0 Å². The minimum Gasteiger partial charge on any atom is -0.491 e. The average Bonchev–Trinajstić information content (AvgIpc) is 2.35. The van der Waals surface area contributed by atoms with Gasteiger partial charge in [-0.05, 0) is 32.4 Å². The number of hydrogen-bond acceptors (Lipinski definition) is 3. The maximum absolute atomic E-state index is 9.72. The van der Waals surface area contributed by atoms with Gasteiger partial charge in [-0.2, -0.15) is 0 Å². The Hall–Kier alpha value is -1.06. The van der Waals surface area contributed by atoms with E-state index in [1.807, 2.05) is 31.2 Å². The summed E-state index contributed by atoms with van der Waals surface area (Å²) in [5.41, 5.74) is 1.20. The number of nitrogens with one attached hydrogen (secondary N) is 1. The summed E-state index contributed by atoms with van der Waals surface area (Å²) in [4.78, 5) is 0. The van der Waals surface area contributed by atoms with Gasteiger partial charge in [0.05, 0.1) is 0 Å². The van der Waals surface area contributed by atoms with Crippen LogP contribution in [0.3, 0.4) is 0 Å². The first-order chi connectivity index (χ1) is 8.11. The van der Waals surface area contributed by atoms with E-state index < -0.39 is 6.10 Å². The maximum Gasteiger partial charge on any atom is 0.119 e. The third-order valence-corrected chi connectivity index (χ3v) is 2.78. The van der Waals surface area contributed by atoms with E-state index in [4.69, 9.17) is 4.74 Å². The van der Waals surface area contributed by atoms with Crippen molar-refractivity contribution in [2.24, 2.45) is 0 Å². The second kappa shape index (κ2) is 7.30. The van der Waals surface area contributed by atoms with E-state index in [9.17, 15) is 5.11 Å². The van der Waals surface area contributed by atoms with Crippen molar-refractivity contribution in [1.29, 1.82) is 0 Å². The number of ether oxygens (including phenoxy) is 1. The average molecular weight is 237 g/mol. The van der Waals surface area contributed by atoms with Gasteiger partial charge in [0.25, 0.3) is 0 Å². The van der Waals surface area contributed by atoms with Crippen molar-refractivity contribution in [1.82, 2.24) is 5.32 Å². The fourth-order valence-corrected chi connectivity index (χ4v) is 1.37. The quantitative estimate of drug-likeness (QED) is 0.763. The van der Waals surface area contributed by atoms with Crippen molar-refractivity contribution in [3.8, 4) is 5.75 Å². The van der Waals surface area contributed by atoms with Gasteiger partial charge in [0, 0.05) is 12.6 Å². The van der Waals surface area contributed by atoms with E-state index in [0.717, 1.165) is 12.2 Å². The Kier molecular flexibility index (Phi) is 6.01. The number of aliphatic hydroxyl groups is 1. The Morgan fingerprint density at radius 2 is 1.94 bits per heavy atom. The van der Waals surface area contributed by atoms with Crippen molar-refractivity contribution in [3.05, 3.63) is 29.8 Å². The molecule has 0 fully saturated rings. The molecule has 1 aromatic carbocycles. The lowest BCUT2D eigenvalue weighted by molar-refractivity contribution is 0.104. The molecule has 1 aromatic rings. The molecule has 0 aliphatic carbocycles. The van der Waals surface area contributed by atoms with E-state index in [-0.39, 0.29) is 0 Å². The molecule has 0 heterocycles. The SMILES string of the molecule is CC[C@@H](C)NC[C@@H](O)COc1ccc(C)cc1. The van der Waals surface area contributed by atoms with Gasteiger partial charge in [0.2, 0.25) is 0 Å². The summed E-state index contributed by atoms with van der Waals surface area (Å²) in [6, 6.07) is 8.27. The Morgan fingerprint density at radius 1 is 1.29 bits per heavy atom. The van der Waals surface area contributed by atoms with E-state index in [2.05, 4.69) is 19.2 Å². The summed E-state index contributed by atoms with van der Waals surface area (Å²) < 4.78 is 5.50. The van der Waals surface area contributed by atoms with Gasteiger partial charge in [-0.3, -0.25) is 0 Å². The number of aryl methyl sites for hydroxylation is 1. The summed E-state index contributed by atoms with van der Waals surface area (Å²) >= 11 is 0. The standard InChI is InChI=1S/C14H23NO2/c1-4-12(3)15-9-13(16)10-17-14-7-5-11(2)6-8-14/h5-8,12-13,15-16H,4,9-10H2,1-3H3/t12-,13-/m1/s1. The van der Waals surface area contributed by atoms with Crippen LogP contribution in [0.15, 0.2) is 24.3 Å². The molecule has 0 aliphatic heterocycles. The molecule has 1 rings (SSSR count). The van der Waals surface area contributed by atoms with E-state index >= 15 is 0 Å². The van der Waals surface area contributed by atoms with Crippen LogP contribution in [0.5, 0.6) is 5.75 Å². The van der Waals surface area contributed by atoms with Crippen LogP contribution >= 0.6 is 0 Å². The molecule has 2 N–H and O–H groups in total. The molecule has 2 atom stereocenters. The lowest BCUT2D eigenvalue weighted by Crippen LogP contribution is -2.36. The van der Waals surface area contributed by atoms with E-state index in [1.165, 1.54) is 5.56 Å². The lowest BCUT2D eigenvalue weighted by atomic mass is 10.2. The van der Waals surface area contributed by atoms with Crippen LogP contribution in [0.4, 0.5) is 0 Å². The molecule has 0 unspecified atom stereocenters. The van der Waals surface area contributed by atoms with Gasteiger partial charge in [0.1, 0.15) is 18.5 Å². The molecule has 0 radical (unpaired) electrons. The molecule has 0 aromatic heterocycles. The zero-order valence-corrected chi connectivity index (χ0v) is 10.9. The zero-order valence-electron chi connectivity index (χ0n) is 10.9. The fourth-order valence-electron chi connectivity index (χ4n) is 1.37. The Morgan fingerprint density at radius 3 is 2.53 bits per heavy atom. The van der Waals surface area contributed by atoms with Crippen molar-refractivity contribution < 1.29 is 9.84 Å². The number of aliphatic hydroxyl groups excluding tert-OH is 1.